The van der Waals surface area contributed by atoms with Crippen LogP contribution < -0.4 is 0 Å². The van der Waals surface area contributed by atoms with Gasteiger partial charge in [-0.3, -0.25) is 9.59 Å². The number of carbonyl (C=O) groups excluding carboxylic acids is 1. The van der Waals surface area contributed by atoms with Crippen molar-refractivity contribution in [2.45, 2.75) is 25.7 Å². The summed E-state index contributed by atoms with van der Waals surface area (Å²) in [7, 11) is 0. The Morgan fingerprint density at radius 3 is 1.74 bits per heavy atom. The second-order valence-electron chi connectivity index (χ2n) is 4.22. The highest BCUT2D eigenvalue weighted by Crippen LogP contribution is 2.01. The van der Waals surface area contributed by atoms with E-state index in [2.05, 4.69) is 0 Å². The van der Waals surface area contributed by atoms with Crippen LogP contribution in [0.25, 0.3) is 0 Å². The Kier molecular flexibility index (Phi) is 21.6. The summed E-state index contributed by atoms with van der Waals surface area (Å²) in [6.45, 7) is 1.27. The molecular weight excluding hydrogens is 312 g/mol. The zero-order valence-electron chi connectivity index (χ0n) is 13.3. The number of unbranched alkanes of at least 4 members (excludes halogenated alkanes) is 1. The van der Waals surface area contributed by atoms with Crippen LogP contribution in [0.2, 0.25) is 0 Å². The Balaban J connectivity index is 0. The molecule has 0 aromatic heterocycles. The van der Waals surface area contributed by atoms with Gasteiger partial charge in [0.15, 0.2) is 0 Å². The van der Waals surface area contributed by atoms with E-state index >= 15 is 0 Å². The number of rotatable bonds is 14. The fourth-order valence-electron chi connectivity index (χ4n) is 1.22. The Hall–Kier alpha value is -1.26. The van der Waals surface area contributed by atoms with E-state index < -0.39 is 5.97 Å². The van der Waals surface area contributed by atoms with Gasteiger partial charge < -0.3 is 34.6 Å². The third-order valence-corrected chi connectivity index (χ3v) is 2.22. The maximum Gasteiger partial charge on any atom is 0.305 e. The first-order chi connectivity index (χ1) is 11.1. The van der Waals surface area contributed by atoms with Crippen LogP contribution in [0.1, 0.15) is 25.7 Å². The molecule has 0 radical (unpaired) electrons. The zero-order valence-corrected chi connectivity index (χ0v) is 13.3. The Labute approximate surface area is 135 Å². The van der Waals surface area contributed by atoms with E-state index in [1.165, 1.54) is 0 Å². The van der Waals surface area contributed by atoms with Gasteiger partial charge in [0.2, 0.25) is 0 Å². The lowest BCUT2D eigenvalue weighted by molar-refractivity contribution is -0.146. The average molecular weight is 340 g/mol. The Bertz CT molecular complexity index is 269. The smallest absolute Gasteiger partial charge is 0.305 e. The van der Waals surface area contributed by atoms with E-state index in [4.69, 9.17) is 34.6 Å². The summed E-state index contributed by atoms with van der Waals surface area (Å²) in [4.78, 5) is 21.4. The summed E-state index contributed by atoms with van der Waals surface area (Å²) in [6.07, 6.45) is 1.29. The molecule has 0 saturated heterocycles. The van der Waals surface area contributed by atoms with Crippen LogP contribution in [0, 0.1) is 0 Å². The number of hydrogen-bond acceptors (Lipinski definition) is 8. The van der Waals surface area contributed by atoms with Crippen molar-refractivity contribution in [1.82, 2.24) is 0 Å². The van der Waals surface area contributed by atoms with E-state index in [-0.39, 0.29) is 51.8 Å². The number of carboxylic acids is 1. The number of aliphatic carboxylic acids is 1. The number of aliphatic hydroxyl groups excluding tert-OH is 3. The first-order valence-electron chi connectivity index (χ1n) is 7.44. The molecule has 23 heavy (non-hydrogen) atoms. The largest absolute Gasteiger partial charge is 0.481 e. The van der Waals surface area contributed by atoms with Gasteiger partial charge in [-0.2, -0.15) is 0 Å². The van der Waals surface area contributed by atoms with E-state index in [0.717, 1.165) is 0 Å². The maximum atomic E-state index is 11.2. The number of aliphatic hydroxyl groups is 3. The van der Waals surface area contributed by atoms with Crippen LogP contribution in [0.15, 0.2) is 0 Å². The first-order valence-corrected chi connectivity index (χ1v) is 7.44. The summed E-state index contributed by atoms with van der Waals surface area (Å²) < 4.78 is 15.0. The van der Waals surface area contributed by atoms with Crippen molar-refractivity contribution in [2.75, 3.05) is 52.9 Å². The molecule has 0 aromatic carbocycles. The molecule has 4 N–H and O–H groups in total. The molecule has 9 nitrogen and oxygen atoms in total. The average Bonchev–Trinajstić information content (AvgIpc) is 2.54. The zero-order chi connectivity index (χ0) is 17.8. The number of ether oxygens (including phenoxy) is 3. The van der Waals surface area contributed by atoms with Gasteiger partial charge in [-0.1, -0.05) is 0 Å². The predicted molar refractivity (Wildman–Crippen MR) is 80.0 cm³/mol. The normalized spacial score (nSPS) is 9.87. The van der Waals surface area contributed by atoms with Gasteiger partial charge in [0, 0.05) is 12.8 Å². The molecule has 0 atom stereocenters. The van der Waals surface area contributed by atoms with Crippen LogP contribution in [-0.2, 0) is 23.8 Å². The second-order valence-corrected chi connectivity index (χ2v) is 4.22. The molecule has 0 spiro atoms. The molecule has 0 bridgehead atoms. The molecule has 0 aliphatic rings. The summed E-state index contributed by atoms with van der Waals surface area (Å²) in [5, 5.41) is 32.1. The van der Waals surface area contributed by atoms with Gasteiger partial charge in [-0.05, 0) is 12.8 Å². The highest BCUT2D eigenvalue weighted by molar-refractivity contribution is 5.69. The van der Waals surface area contributed by atoms with Crippen molar-refractivity contribution < 1.29 is 44.2 Å². The van der Waals surface area contributed by atoms with E-state index in [9.17, 15) is 9.59 Å². The Morgan fingerprint density at radius 1 is 0.696 bits per heavy atom. The third-order valence-electron chi connectivity index (χ3n) is 2.22. The fourth-order valence-corrected chi connectivity index (χ4v) is 1.22. The van der Waals surface area contributed by atoms with E-state index in [1.54, 1.807) is 0 Å². The van der Waals surface area contributed by atoms with Crippen molar-refractivity contribution in [3.63, 3.8) is 0 Å². The van der Waals surface area contributed by atoms with E-state index in [1.807, 2.05) is 0 Å². The number of carboxylic acid groups (broad SMARTS) is 1. The molecule has 0 unspecified atom stereocenters. The molecule has 0 saturated carbocycles. The van der Waals surface area contributed by atoms with E-state index in [0.29, 0.717) is 32.7 Å². The summed E-state index contributed by atoms with van der Waals surface area (Å²) in [5.41, 5.74) is 0. The van der Waals surface area contributed by atoms with Gasteiger partial charge in [-0.15, -0.1) is 0 Å². The monoisotopic (exact) mass is 340 g/mol. The maximum absolute atomic E-state index is 11.2. The molecule has 0 amide bonds. The summed E-state index contributed by atoms with van der Waals surface area (Å²) in [5.74, 6) is -1.20. The molecule has 0 fully saturated rings. The lowest BCUT2D eigenvalue weighted by Gasteiger charge is -2.06. The van der Waals surface area contributed by atoms with Crippen LogP contribution in [0.3, 0.4) is 0 Å². The fraction of sp³-hybridized carbons (Fsp3) is 0.857. The van der Waals surface area contributed by atoms with Crippen LogP contribution >= 0.6 is 0 Å². The summed E-state index contributed by atoms with van der Waals surface area (Å²) >= 11 is 0. The van der Waals surface area contributed by atoms with Crippen molar-refractivity contribution in [3.05, 3.63) is 0 Å². The minimum atomic E-state index is -0.856. The molecule has 0 aliphatic heterocycles. The summed E-state index contributed by atoms with van der Waals surface area (Å²) in [6, 6.07) is 0. The van der Waals surface area contributed by atoms with Crippen LogP contribution in [0.5, 0.6) is 0 Å². The molecule has 9 heteroatoms. The van der Waals surface area contributed by atoms with Crippen molar-refractivity contribution in [2.24, 2.45) is 0 Å². The lowest BCUT2D eigenvalue weighted by atomic mass is 10.2. The van der Waals surface area contributed by atoms with Crippen LogP contribution in [0.4, 0.5) is 0 Å². The number of esters is 1. The molecule has 0 aliphatic carbocycles. The minimum Gasteiger partial charge on any atom is -0.481 e. The molecule has 0 rings (SSSR count). The number of carbonyl (C=O) groups is 2. The molecule has 0 heterocycles. The third kappa shape index (κ3) is 26.0. The number of hydrogen-bond donors (Lipinski definition) is 4. The second kappa shape index (κ2) is 20.7. The molecule has 0 aromatic rings. The van der Waals surface area contributed by atoms with Gasteiger partial charge in [0.1, 0.15) is 6.61 Å². The van der Waals surface area contributed by atoms with Crippen molar-refractivity contribution in [3.8, 4) is 0 Å². The van der Waals surface area contributed by atoms with Gasteiger partial charge in [-0.25, -0.2) is 0 Å². The highest BCUT2D eigenvalue weighted by Gasteiger charge is 2.03. The quantitative estimate of drug-likeness (QED) is 0.235. The standard InChI is InChI=1S/C12H22O7.C2H6O2/c13-5-6-17-7-8-18-9-10-19-12(16)4-2-1-3-11(14)15;3-1-2-4/h13H,1-10H2,(H,14,15);3-4H,1-2H2. The molecule has 138 valence electrons. The van der Waals surface area contributed by atoms with Crippen LogP contribution in [-0.4, -0.2) is 85.2 Å². The van der Waals surface area contributed by atoms with Crippen molar-refractivity contribution >= 4 is 11.9 Å². The van der Waals surface area contributed by atoms with Gasteiger partial charge in [0.25, 0.3) is 0 Å². The SMILES string of the molecule is O=C(O)CCCCC(=O)OCCOCCOCCO.OCCO. The first kappa shape index (κ1) is 24.0. The minimum absolute atomic E-state index is 0.0144. The van der Waals surface area contributed by atoms with Gasteiger partial charge >= 0.3 is 11.9 Å². The highest BCUT2D eigenvalue weighted by atomic mass is 16.6. The predicted octanol–water partition coefficient (Wildman–Crippen LogP) is -0.829. The van der Waals surface area contributed by atoms with Crippen molar-refractivity contribution in [1.29, 1.82) is 0 Å². The Morgan fingerprint density at radius 2 is 1.22 bits per heavy atom. The topological polar surface area (TPSA) is 143 Å². The van der Waals surface area contributed by atoms with Gasteiger partial charge in [0.05, 0.1) is 46.2 Å². The molecular formula is C14H28O9. The lowest BCUT2D eigenvalue weighted by Crippen LogP contribution is -2.13.